The average molecular weight is 477 g/mol. The molecule has 3 aromatic rings. The summed E-state index contributed by atoms with van der Waals surface area (Å²) in [6.45, 7) is 3.79. The number of hydrogen-bond donors (Lipinski definition) is 0. The molecule has 0 radical (unpaired) electrons. The fraction of sp³-hybridized carbons (Fsp3) is 0.394. The zero-order chi connectivity index (χ0) is 24.5. The number of aryl methyl sites for hydroxylation is 3. The Morgan fingerprint density at radius 2 is 1.64 bits per heavy atom. The highest BCUT2D eigenvalue weighted by molar-refractivity contribution is 5.86. The van der Waals surface area contributed by atoms with Crippen molar-refractivity contribution in [1.29, 1.82) is 0 Å². The van der Waals surface area contributed by atoms with Gasteiger partial charge in [-0.3, -0.25) is 9.78 Å². The zero-order valence-corrected chi connectivity index (χ0v) is 21.4. The minimum absolute atomic E-state index is 0.00637. The molecule has 3 aliphatic rings. The van der Waals surface area contributed by atoms with Crippen LogP contribution in [0.5, 0.6) is 0 Å². The van der Waals surface area contributed by atoms with Crippen molar-refractivity contribution in [2.24, 2.45) is 5.92 Å². The summed E-state index contributed by atoms with van der Waals surface area (Å²) < 4.78 is 0. The van der Waals surface area contributed by atoms with E-state index < -0.39 is 0 Å². The Labute approximate surface area is 215 Å². The third-order valence-corrected chi connectivity index (χ3v) is 8.65. The minimum Gasteiger partial charge on any atom is -0.342 e. The first-order valence-corrected chi connectivity index (χ1v) is 13.8. The van der Waals surface area contributed by atoms with Crippen LogP contribution in [-0.2, 0) is 17.6 Å². The maximum absolute atomic E-state index is 14.0. The van der Waals surface area contributed by atoms with E-state index in [1.165, 1.54) is 64.6 Å². The van der Waals surface area contributed by atoms with Crippen LogP contribution in [0.15, 0.2) is 72.4 Å². The Morgan fingerprint density at radius 3 is 2.42 bits per heavy atom. The van der Waals surface area contributed by atoms with Crippen molar-refractivity contribution in [2.75, 3.05) is 13.1 Å². The number of nitrogens with zero attached hydrogens (tertiary/aromatic N) is 2. The molecule has 1 aromatic heterocycles. The fourth-order valence-electron chi connectivity index (χ4n) is 6.80. The van der Waals surface area contributed by atoms with E-state index in [2.05, 4.69) is 72.5 Å². The molecule has 0 N–H and O–H groups in total. The molecule has 1 saturated carbocycles. The van der Waals surface area contributed by atoms with Crippen LogP contribution in [0.1, 0.15) is 78.0 Å². The third kappa shape index (κ3) is 4.40. The quantitative estimate of drug-likeness (QED) is 0.412. The van der Waals surface area contributed by atoms with Crippen molar-refractivity contribution in [3.8, 4) is 0 Å². The fourth-order valence-corrected chi connectivity index (χ4v) is 6.80. The zero-order valence-electron chi connectivity index (χ0n) is 21.4. The highest BCUT2D eigenvalue weighted by Crippen LogP contribution is 2.41. The second-order valence-electron chi connectivity index (χ2n) is 10.9. The average Bonchev–Trinajstić information content (AvgIpc) is 3.39. The van der Waals surface area contributed by atoms with E-state index in [4.69, 9.17) is 4.98 Å². The van der Waals surface area contributed by atoms with Gasteiger partial charge in [0.1, 0.15) is 0 Å². The summed E-state index contributed by atoms with van der Waals surface area (Å²) >= 11 is 0. The van der Waals surface area contributed by atoms with Crippen LogP contribution in [0.25, 0.3) is 5.57 Å². The molecule has 2 aromatic carbocycles. The van der Waals surface area contributed by atoms with Crippen LogP contribution in [0.3, 0.4) is 0 Å². The van der Waals surface area contributed by atoms with Crippen LogP contribution in [0.2, 0.25) is 0 Å². The molecule has 184 valence electrons. The number of likely N-dealkylation sites (tertiary alicyclic amines) is 1. The predicted octanol–water partition coefficient (Wildman–Crippen LogP) is 6.89. The molecule has 1 amide bonds. The van der Waals surface area contributed by atoms with E-state index in [1.807, 2.05) is 6.20 Å². The molecule has 1 aliphatic heterocycles. The summed E-state index contributed by atoms with van der Waals surface area (Å²) in [6, 6.07) is 21.7. The third-order valence-electron chi connectivity index (χ3n) is 8.65. The van der Waals surface area contributed by atoms with Crippen LogP contribution >= 0.6 is 0 Å². The van der Waals surface area contributed by atoms with E-state index in [-0.39, 0.29) is 5.92 Å². The molecule has 2 fully saturated rings. The van der Waals surface area contributed by atoms with Crippen LogP contribution in [-0.4, -0.2) is 28.9 Å². The first-order valence-electron chi connectivity index (χ1n) is 13.8. The molecule has 0 spiro atoms. The van der Waals surface area contributed by atoms with Crippen LogP contribution in [0.4, 0.5) is 0 Å². The summed E-state index contributed by atoms with van der Waals surface area (Å²) in [5.74, 6) is 0.826. The lowest BCUT2D eigenvalue weighted by Gasteiger charge is -2.35. The van der Waals surface area contributed by atoms with Gasteiger partial charge in [0.25, 0.3) is 0 Å². The molecule has 3 heteroatoms. The van der Waals surface area contributed by atoms with Crippen molar-refractivity contribution in [3.63, 3.8) is 0 Å². The Kier molecular flexibility index (Phi) is 6.48. The number of fused-ring (bicyclic) bond motifs is 2. The van der Waals surface area contributed by atoms with E-state index in [0.717, 1.165) is 44.5 Å². The van der Waals surface area contributed by atoms with Crippen LogP contribution in [0, 0.1) is 12.8 Å². The van der Waals surface area contributed by atoms with Gasteiger partial charge in [0.2, 0.25) is 5.91 Å². The second-order valence-corrected chi connectivity index (χ2v) is 10.9. The van der Waals surface area contributed by atoms with Gasteiger partial charge in [0.15, 0.2) is 0 Å². The topological polar surface area (TPSA) is 33.2 Å². The molecular weight excluding hydrogens is 440 g/mol. The lowest BCUT2D eigenvalue weighted by Crippen LogP contribution is -2.41. The van der Waals surface area contributed by atoms with Gasteiger partial charge in [-0.25, -0.2) is 0 Å². The van der Waals surface area contributed by atoms with Gasteiger partial charge < -0.3 is 4.90 Å². The van der Waals surface area contributed by atoms with E-state index in [9.17, 15) is 4.79 Å². The van der Waals surface area contributed by atoms with Crippen molar-refractivity contribution in [1.82, 2.24) is 9.88 Å². The second kappa shape index (κ2) is 10.0. The van der Waals surface area contributed by atoms with Gasteiger partial charge in [-0.2, -0.15) is 0 Å². The summed E-state index contributed by atoms with van der Waals surface area (Å²) in [5, 5.41) is 0. The lowest BCUT2D eigenvalue weighted by molar-refractivity contribution is -0.134. The maximum atomic E-state index is 14.0. The van der Waals surface area contributed by atoms with Gasteiger partial charge in [0, 0.05) is 24.9 Å². The maximum Gasteiger partial charge on any atom is 0.230 e. The molecule has 2 aliphatic carbocycles. The number of hydrogen-bond acceptors (Lipinski definition) is 2. The van der Waals surface area contributed by atoms with Gasteiger partial charge >= 0.3 is 0 Å². The van der Waals surface area contributed by atoms with Gasteiger partial charge in [-0.15, -0.1) is 0 Å². The number of amides is 1. The van der Waals surface area contributed by atoms with Gasteiger partial charge in [-0.05, 0) is 79.7 Å². The van der Waals surface area contributed by atoms with Crippen LogP contribution < -0.4 is 0 Å². The Hall–Kier alpha value is -3.20. The molecule has 2 heterocycles. The standard InChI is InChI=1S/C33H36N2O/c1-23-13-16-29-28(22-23)15-14-27-12-7-19-34-32(27)31(29)26-17-20-35(21-18-26)33(36)30(25-10-5-6-11-25)24-8-3-2-4-9-24/h2-4,7-9,12-13,16,19,22,25,30H,5-6,10-11,14-15,17-18,20-21H2,1H3. The number of pyridine rings is 1. The van der Waals surface area contributed by atoms with E-state index in [1.54, 1.807) is 0 Å². The highest BCUT2D eigenvalue weighted by atomic mass is 16.2. The number of carbonyl (C=O) groups is 1. The normalized spacial score (nSPS) is 19.0. The molecule has 1 atom stereocenters. The van der Waals surface area contributed by atoms with E-state index in [0.29, 0.717) is 11.8 Å². The number of piperidine rings is 1. The largest absolute Gasteiger partial charge is 0.342 e. The Balaban J connectivity index is 1.31. The smallest absolute Gasteiger partial charge is 0.230 e. The molecule has 6 rings (SSSR count). The number of aromatic nitrogens is 1. The Morgan fingerprint density at radius 1 is 0.889 bits per heavy atom. The van der Waals surface area contributed by atoms with Crippen molar-refractivity contribution < 1.29 is 4.79 Å². The first kappa shape index (κ1) is 23.2. The van der Waals surface area contributed by atoms with Crippen molar-refractivity contribution in [3.05, 3.63) is 106 Å². The molecule has 0 bridgehead atoms. The summed E-state index contributed by atoms with van der Waals surface area (Å²) in [5.41, 5.74) is 10.6. The Bertz CT molecular complexity index is 1280. The summed E-state index contributed by atoms with van der Waals surface area (Å²) in [6.07, 6.45) is 10.7. The van der Waals surface area contributed by atoms with Gasteiger partial charge in [-0.1, -0.05) is 78.6 Å². The lowest BCUT2D eigenvalue weighted by atomic mass is 9.82. The summed E-state index contributed by atoms with van der Waals surface area (Å²) in [4.78, 5) is 21.0. The SMILES string of the molecule is Cc1ccc2c(c1)CCc1cccnc1C2=C1CCN(C(=O)C(c2ccccc2)C2CCCC2)CC1. The van der Waals surface area contributed by atoms with Gasteiger partial charge in [0.05, 0.1) is 11.6 Å². The molecule has 1 unspecified atom stereocenters. The molecule has 3 nitrogen and oxygen atoms in total. The molecule has 36 heavy (non-hydrogen) atoms. The minimum atomic E-state index is 0.00637. The summed E-state index contributed by atoms with van der Waals surface area (Å²) in [7, 11) is 0. The molecular formula is C33H36N2O. The van der Waals surface area contributed by atoms with Crippen molar-refractivity contribution >= 4 is 11.5 Å². The van der Waals surface area contributed by atoms with Crippen molar-refractivity contribution in [2.45, 2.75) is 64.2 Å². The first-order chi connectivity index (χ1) is 17.7. The number of carbonyl (C=O) groups excluding carboxylic acids is 1. The molecule has 1 saturated heterocycles. The monoisotopic (exact) mass is 476 g/mol. The number of benzene rings is 2. The predicted molar refractivity (Wildman–Crippen MR) is 146 cm³/mol. The number of rotatable bonds is 3. The highest BCUT2D eigenvalue weighted by Gasteiger charge is 2.36. The van der Waals surface area contributed by atoms with E-state index >= 15 is 0 Å².